The number of imide groups is 1. The molecule has 1 heterocycles. The number of rotatable bonds is 5. The highest BCUT2D eigenvalue weighted by atomic mass is 35.5. The molecule has 0 bridgehead atoms. The molecule has 6 nitrogen and oxygen atoms in total. The highest BCUT2D eigenvalue weighted by Gasteiger charge is 2.52. The first-order valence-electron chi connectivity index (χ1n) is 8.68. The van der Waals surface area contributed by atoms with Crippen LogP contribution in [0.3, 0.4) is 0 Å². The topological polar surface area (TPSA) is 78.5 Å². The molecule has 3 rings (SSSR count). The molecule has 2 aliphatic rings. The van der Waals surface area contributed by atoms with Crippen molar-refractivity contribution in [1.29, 1.82) is 0 Å². The molecule has 1 spiro atoms. The van der Waals surface area contributed by atoms with E-state index in [1.807, 2.05) is 18.2 Å². The summed E-state index contributed by atoms with van der Waals surface area (Å²) >= 11 is 7.33. The van der Waals surface area contributed by atoms with Gasteiger partial charge in [-0.25, -0.2) is 4.79 Å². The van der Waals surface area contributed by atoms with Crippen molar-refractivity contribution in [2.45, 2.75) is 43.9 Å². The Kier molecular flexibility index (Phi) is 5.77. The normalized spacial score (nSPS) is 25.5. The molecular formula is C18H22ClN3O3S. The molecular weight excluding hydrogens is 374 g/mol. The molecule has 0 unspecified atom stereocenters. The van der Waals surface area contributed by atoms with Crippen LogP contribution in [0.25, 0.3) is 0 Å². The zero-order chi connectivity index (χ0) is 18.7. The summed E-state index contributed by atoms with van der Waals surface area (Å²) in [4.78, 5) is 37.0. The molecule has 0 radical (unpaired) electrons. The first kappa shape index (κ1) is 19.0. The van der Waals surface area contributed by atoms with Crippen molar-refractivity contribution in [3.05, 3.63) is 34.9 Å². The molecule has 8 heteroatoms. The molecule has 0 aromatic heterocycles. The SMILES string of the molecule is CC1CCC2(CC1)NC(=O)N(NC(=O)CSCc1cccc(Cl)c1)C2=O. The Morgan fingerprint density at radius 1 is 1.38 bits per heavy atom. The summed E-state index contributed by atoms with van der Waals surface area (Å²) in [7, 11) is 0. The predicted molar refractivity (Wildman–Crippen MR) is 101 cm³/mol. The van der Waals surface area contributed by atoms with Crippen molar-refractivity contribution >= 4 is 41.2 Å². The van der Waals surface area contributed by atoms with Gasteiger partial charge in [-0.2, -0.15) is 5.01 Å². The molecule has 1 aliphatic carbocycles. The van der Waals surface area contributed by atoms with Crippen LogP contribution in [-0.4, -0.2) is 34.1 Å². The Balaban J connectivity index is 1.51. The van der Waals surface area contributed by atoms with Gasteiger partial charge in [0.05, 0.1) is 5.75 Å². The number of urea groups is 1. The molecule has 1 aromatic rings. The van der Waals surface area contributed by atoms with Gasteiger partial charge < -0.3 is 5.32 Å². The van der Waals surface area contributed by atoms with E-state index in [2.05, 4.69) is 17.7 Å². The second kappa shape index (κ2) is 7.88. The van der Waals surface area contributed by atoms with Gasteiger partial charge in [-0.1, -0.05) is 30.7 Å². The van der Waals surface area contributed by atoms with E-state index < -0.39 is 11.6 Å². The number of hydrazine groups is 1. The Morgan fingerprint density at radius 2 is 2.12 bits per heavy atom. The summed E-state index contributed by atoms with van der Waals surface area (Å²) in [6.45, 7) is 2.14. The second-order valence-corrected chi connectivity index (χ2v) is 8.42. The van der Waals surface area contributed by atoms with E-state index in [9.17, 15) is 14.4 Å². The Morgan fingerprint density at radius 3 is 2.81 bits per heavy atom. The first-order chi connectivity index (χ1) is 12.4. The minimum Gasteiger partial charge on any atom is -0.322 e. The Bertz CT molecular complexity index is 719. The number of hydrogen-bond acceptors (Lipinski definition) is 4. The number of nitrogens with zero attached hydrogens (tertiary/aromatic N) is 1. The van der Waals surface area contributed by atoms with Crippen molar-refractivity contribution in [3.63, 3.8) is 0 Å². The highest BCUT2D eigenvalue weighted by Crippen LogP contribution is 2.35. The van der Waals surface area contributed by atoms with Gasteiger partial charge >= 0.3 is 6.03 Å². The lowest BCUT2D eigenvalue weighted by molar-refractivity contribution is -0.139. The van der Waals surface area contributed by atoms with Crippen LogP contribution in [0.15, 0.2) is 24.3 Å². The van der Waals surface area contributed by atoms with E-state index in [1.165, 1.54) is 11.8 Å². The van der Waals surface area contributed by atoms with Crippen molar-refractivity contribution in [3.8, 4) is 0 Å². The quantitative estimate of drug-likeness (QED) is 0.751. The fourth-order valence-electron chi connectivity index (χ4n) is 3.36. The van der Waals surface area contributed by atoms with Gasteiger partial charge in [-0.05, 0) is 49.3 Å². The van der Waals surface area contributed by atoms with Gasteiger partial charge in [0.25, 0.3) is 5.91 Å². The number of carbonyl (C=O) groups is 3. The number of benzene rings is 1. The number of nitrogens with one attached hydrogen (secondary N) is 2. The standard InChI is InChI=1S/C18H22ClN3O3S/c1-12-5-7-18(8-6-12)16(24)22(17(25)20-18)21-15(23)11-26-10-13-3-2-4-14(19)9-13/h2-4,9,12H,5-8,10-11H2,1H3,(H,20,25)(H,21,23). The van der Waals surface area contributed by atoms with Gasteiger partial charge in [0.1, 0.15) is 5.54 Å². The van der Waals surface area contributed by atoms with Crippen molar-refractivity contribution in [2.75, 3.05) is 5.75 Å². The van der Waals surface area contributed by atoms with Gasteiger partial charge in [0.2, 0.25) is 5.91 Å². The molecule has 0 atom stereocenters. The van der Waals surface area contributed by atoms with Crippen LogP contribution in [0.2, 0.25) is 5.02 Å². The number of thioether (sulfide) groups is 1. The molecule has 26 heavy (non-hydrogen) atoms. The minimum atomic E-state index is -0.842. The molecule has 140 valence electrons. The number of carbonyl (C=O) groups excluding carboxylic acids is 3. The van der Waals surface area contributed by atoms with Crippen molar-refractivity contribution in [1.82, 2.24) is 15.8 Å². The predicted octanol–water partition coefficient (Wildman–Crippen LogP) is 3.11. The number of halogens is 1. The van der Waals surface area contributed by atoms with Gasteiger partial charge in [0.15, 0.2) is 0 Å². The van der Waals surface area contributed by atoms with E-state index >= 15 is 0 Å². The first-order valence-corrected chi connectivity index (χ1v) is 10.2. The third-order valence-corrected chi connectivity index (χ3v) is 6.16. The fourth-order valence-corrected chi connectivity index (χ4v) is 4.34. The molecule has 4 amide bonds. The molecule has 1 saturated heterocycles. The zero-order valence-corrected chi connectivity index (χ0v) is 16.2. The third-order valence-electron chi connectivity index (χ3n) is 4.92. The average molecular weight is 396 g/mol. The summed E-state index contributed by atoms with van der Waals surface area (Å²) in [5, 5.41) is 4.28. The van der Waals surface area contributed by atoms with Crippen molar-refractivity contribution < 1.29 is 14.4 Å². The molecule has 1 saturated carbocycles. The third kappa shape index (κ3) is 4.15. The van der Waals surface area contributed by atoms with E-state index in [1.54, 1.807) is 6.07 Å². The van der Waals surface area contributed by atoms with Crippen LogP contribution in [0, 0.1) is 5.92 Å². The molecule has 2 fully saturated rings. The number of amides is 4. The van der Waals surface area contributed by atoms with Crippen LogP contribution < -0.4 is 10.7 Å². The van der Waals surface area contributed by atoms with Gasteiger partial charge in [-0.3, -0.25) is 15.0 Å². The highest BCUT2D eigenvalue weighted by molar-refractivity contribution is 7.99. The lowest BCUT2D eigenvalue weighted by Gasteiger charge is -2.33. The van der Waals surface area contributed by atoms with E-state index in [0.717, 1.165) is 23.4 Å². The van der Waals surface area contributed by atoms with E-state index in [0.29, 0.717) is 29.5 Å². The summed E-state index contributed by atoms with van der Waals surface area (Å²) in [5.74, 6) is 0.602. The molecule has 1 aliphatic heterocycles. The summed E-state index contributed by atoms with van der Waals surface area (Å²) in [5.41, 5.74) is 2.62. The largest absolute Gasteiger partial charge is 0.344 e. The Hall–Kier alpha value is -1.73. The summed E-state index contributed by atoms with van der Waals surface area (Å²) in [6.07, 6.45) is 3.02. The monoisotopic (exact) mass is 395 g/mol. The van der Waals surface area contributed by atoms with Crippen molar-refractivity contribution in [2.24, 2.45) is 5.92 Å². The van der Waals surface area contributed by atoms with Crippen LogP contribution >= 0.6 is 23.4 Å². The lowest BCUT2D eigenvalue weighted by atomic mass is 9.77. The minimum absolute atomic E-state index is 0.146. The molecule has 2 N–H and O–H groups in total. The maximum atomic E-state index is 12.7. The van der Waals surface area contributed by atoms with E-state index in [-0.39, 0.29) is 17.6 Å². The number of hydrogen-bond donors (Lipinski definition) is 2. The Labute approximate surface area is 162 Å². The second-order valence-electron chi connectivity index (χ2n) is 6.99. The van der Waals surface area contributed by atoms with Gasteiger partial charge in [-0.15, -0.1) is 11.8 Å². The van der Waals surface area contributed by atoms with Gasteiger partial charge in [0, 0.05) is 10.8 Å². The maximum Gasteiger partial charge on any atom is 0.344 e. The van der Waals surface area contributed by atoms with Crippen LogP contribution in [0.5, 0.6) is 0 Å². The average Bonchev–Trinajstić information content (AvgIpc) is 2.82. The van der Waals surface area contributed by atoms with E-state index in [4.69, 9.17) is 11.6 Å². The lowest BCUT2D eigenvalue weighted by Crippen LogP contribution is -2.51. The maximum absolute atomic E-state index is 12.7. The summed E-state index contributed by atoms with van der Waals surface area (Å²) < 4.78 is 0. The summed E-state index contributed by atoms with van der Waals surface area (Å²) in [6, 6.07) is 6.88. The molecule has 1 aromatic carbocycles. The fraction of sp³-hybridized carbons (Fsp3) is 0.500. The van der Waals surface area contributed by atoms with Crippen LogP contribution in [0.4, 0.5) is 4.79 Å². The zero-order valence-electron chi connectivity index (χ0n) is 14.6. The smallest absolute Gasteiger partial charge is 0.322 e. The van der Waals surface area contributed by atoms with Crippen LogP contribution in [0.1, 0.15) is 38.2 Å². The van der Waals surface area contributed by atoms with Crippen LogP contribution in [-0.2, 0) is 15.3 Å².